The molecule has 0 aliphatic rings. The number of aldehydes is 1. The summed E-state index contributed by atoms with van der Waals surface area (Å²) in [4.78, 5) is 23.9. The Kier molecular flexibility index (Phi) is 11.3. The average Bonchev–Trinajstić information content (AvgIpc) is 3.03. The van der Waals surface area contributed by atoms with Crippen LogP contribution in [0.4, 0.5) is 0 Å². The molecule has 1 amide bonds. The van der Waals surface area contributed by atoms with E-state index in [9.17, 15) is 14.7 Å². The van der Waals surface area contributed by atoms with Crippen molar-refractivity contribution >= 4 is 12.2 Å². The first-order valence-corrected chi connectivity index (χ1v) is 13.4. The topological polar surface area (TPSA) is 106 Å². The number of carbonyl (C=O) groups is 2. The summed E-state index contributed by atoms with van der Waals surface area (Å²) < 4.78 is 17.4. The molecule has 0 saturated heterocycles. The van der Waals surface area contributed by atoms with E-state index < -0.39 is 6.10 Å². The normalized spacial score (nSPS) is 11.3. The summed E-state index contributed by atoms with van der Waals surface area (Å²) in [7, 11) is 0. The van der Waals surface area contributed by atoms with Crippen LogP contribution in [0, 0.1) is 0 Å². The minimum atomic E-state index is -0.721. The molecule has 3 N–H and O–H groups in total. The second-order valence-corrected chi connectivity index (χ2v) is 9.30. The van der Waals surface area contributed by atoms with E-state index in [1.807, 2.05) is 60.7 Å². The van der Waals surface area contributed by atoms with Gasteiger partial charge in [-0.15, -0.1) is 0 Å². The Hall–Kier alpha value is -4.66. The molecule has 0 heterocycles. The van der Waals surface area contributed by atoms with Gasteiger partial charge in [0.25, 0.3) is 5.91 Å². The Morgan fingerprint density at radius 3 is 2.20 bits per heavy atom. The molecule has 1 unspecified atom stereocenters. The summed E-state index contributed by atoms with van der Waals surface area (Å²) in [5, 5.41) is 16.3. The lowest BCUT2D eigenvalue weighted by molar-refractivity contribution is 0.0945. The minimum Gasteiger partial charge on any atom is -0.492 e. The summed E-state index contributed by atoms with van der Waals surface area (Å²) in [5.41, 5.74) is 2.94. The Bertz CT molecular complexity index is 1360. The first-order chi connectivity index (χ1) is 20.1. The summed E-state index contributed by atoms with van der Waals surface area (Å²) in [6.45, 7) is 1.96. The third-order valence-corrected chi connectivity index (χ3v) is 6.11. The molecular formula is C33H34N2O6. The van der Waals surface area contributed by atoms with E-state index in [1.54, 1.807) is 42.5 Å². The van der Waals surface area contributed by atoms with Crippen molar-refractivity contribution in [2.45, 2.75) is 19.3 Å². The van der Waals surface area contributed by atoms with Gasteiger partial charge in [-0.05, 0) is 53.6 Å². The molecule has 0 aliphatic carbocycles. The zero-order valence-electron chi connectivity index (χ0n) is 22.7. The van der Waals surface area contributed by atoms with Crippen molar-refractivity contribution in [3.05, 3.63) is 125 Å². The van der Waals surface area contributed by atoms with Gasteiger partial charge in [-0.3, -0.25) is 9.59 Å². The minimum absolute atomic E-state index is 0.111. The number of ether oxygens (including phenoxy) is 3. The van der Waals surface area contributed by atoms with Gasteiger partial charge in [-0.2, -0.15) is 0 Å². The summed E-state index contributed by atoms with van der Waals surface area (Å²) >= 11 is 0. The summed E-state index contributed by atoms with van der Waals surface area (Å²) in [5.74, 6) is 1.32. The smallest absolute Gasteiger partial charge is 0.255 e. The van der Waals surface area contributed by atoms with Gasteiger partial charge in [0.05, 0.1) is 5.56 Å². The lowest BCUT2D eigenvalue weighted by Crippen LogP contribution is -2.33. The fourth-order valence-electron chi connectivity index (χ4n) is 3.91. The van der Waals surface area contributed by atoms with E-state index >= 15 is 0 Å². The van der Waals surface area contributed by atoms with Gasteiger partial charge in [0, 0.05) is 25.2 Å². The highest BCUT2D eigenvalue weighted by molar-refractivity contribution is 5.97. The fourth-order valence-corrected chi connectivity index (χ4v) is 3.91. The van der Waals surface area contributed by atoms with Gasteiger partial charge in [-0.1, -0.05) is 60.7 Å². The first-order valence-electron chi connectivity index (χ1n) is 13.4. The van der Waals surface area contributed by atoms with Crippen molar-refractivity contribution in [3.8, 4) is 17.2 Å². The van der Waals surface area contributed by atoms with Crippen LogP contribution < -0.4 is 24.8 Å². The highest BCUT2D eigenvalue weighted by Gasteiger charge is 2.15. The van der Waals surface area contributed by atoms with E-state index in [-0.39, 0.29) is 12.5 Å². The van der Waals surface area contributed by atoms with E-state index in [2.05, 4.69) is 10.6 Å². The number of hydrogen-bond acceptors (Lipinski definition) is 7. The number of amides is 1. The Morgan fingerprint density at radius 1 is 0.805 bits per heavy atom. The molecule has 0 spiro atoms. The molecule has 8 heteroatoms. The lowest BCUT2D eigenvalue weighted by Gasteiger charge is -2.15. The Morgan fingerprint density at radius 2 is 1.49 bits per heavy atom. The molecule has 0 fully saturated rings. The molecule has 0 aliphatic heterocycles. The SMILES string of the molecule is O=Cc1ccc(OCC(O)CNCCOc2ccc(OCc3ccccc3)c(C(=O)NCc3ccccc3)c2)cc1. The molecule has 0 aromatic heterocycles. The maximum absolute atomic E-state index is 13.1. The van der Waals surface area contributed by atoms with Crippen molar-refractivity contribution < 1.29 is 28.9 Å². The van der Waals surface area contributed by atoms with Crippen LogP contribution in [-0.2, 0) is 13.2 Å². The van der Waals surface area contributed by atoms with E-state index in [0.717, 1.165) is 17.4 Å². The van der Waals surface area contributed by atoms with Crippen LogP contribution >= 0.6 is 0 Å². The molecular weight excluding hydrogens is 520 g/mol. The second-order valence-electron chi connectivity index (χ2n) is 9.30. The molecule has 4 aromatic carbocycles. The van der Waals surface area contributed by atoms with Crippen molar-refractivity contribution in [3.63, 3.8) is 0 Å². The molecule has 0 saturated carbocycles. The van der Waals surface area contributed by atoms with Crippen molar-refractivity contribution in [2.75, 3.05) is 26.3 Å². The number of aliphatic hydroxyl groups is 1. The maximum atomic E-state index is 13.1. The molecule has 4 aromatic rings. The highest BCUT2D eigenvalue weighted by atomic mass is 16.5. The second kappa shape index (κ2) is 15.8. The van der Waals surface area contributed by atoms with E-state index in [4.69, 9.17) is 14.2 Å². The molecule has 212 valence electrons. The number of aliphatic hydroxyl groups excluding tert-OH is 1. The van der Waals surface area contributed by atoms with Crippen LogP contribution in [0.5, 0.6) is 17.2 Å². The first kappa shape index (κ1) is 29.3. The van der Waals surface area contributed by atoms with Gasteiger partial charge in [0.1, 0.15) is 49.5 Å². The number of hydrogen-bond donors (Lipinski definition) is 3. The molecule has 0 bridgehead atoms. The van der Waals surface area contributed by atoms with Crippen LogP contribution in [-0.4, -0.2) is 49.7 Å². The molecule has 8 nitrogen and oxygen atoms in total. The van der Waals surface area contributed by atoms with E-state index in [1.165, 1.54) is 0 Å². The monoisotopic (exact) mass is 554 g/mol. The number of benzene rings is 4. The van der Waals surface area contributed by atoms with Crippen molar-refractivity contribution in [1.29, 1.82) is 0 Å². The highest BCUT2D eigenvalue weighted by Crippen LogP contribution is 2.25. The van der Waals surface area contributed by atoms with Crippen LogP contribution in [0.15, 0.2) is 103 Å². The van der Waals surface area contributed by atoms with Crippen LogP contribution in [0.25, 0.3) is 0 Å². The molecule has 0 radical (unpaired) electrons. The Balaban J connectivity index is 1.27. The largest absolute Gasteiger partial charge is 0.492 e. The zero-order valence-corrected chi connectivity index (χ0v) is 22.7. The third kappa shape index (κ3) is 9.79. The van der Waals surface area contributed by atoms with Gasteiger partial charge >= 0.3 is 0 Å². The number of nitrogens with one attached hydrogen (secondary N) is 2. The predicted molar refractivity (Wildman–Crippen MR) is 157 cm³/mol. The predicted octanol–water partition coefficient (Wildman–Crippen LogP) is 4.42. The quantitative estimate of drug-likeness (QED) is 0.139. The van der Waals surface area contributed by atoms with Crippen molar-refractivity contribution in [2.24, 2.45) is 0 Å². The zero-order chi connectivity index (χ0) is 28.7. The third-order valence-electron chi connectivity index (χ3n) is 6.11. The van der Waals surface area contributed by atoms with Crippen LogP contribution in [0.2, 0.25) is 0 Å². The fraction of sp³-hybridized carbons (Fsp3) is 0.212. The van der Waals surface area contributed by atoms with Crippen LogP contribution in [0.3, 0.4) is 0 Å². The van der Waals surface area contributed by atoms with Gasteiger partial charge in [0.15, 0.2) is 0 Å². The Labute approximate surface area is 239 Å². The number of rotatable bonds is 16. The van der Waals surface area contributed by atoms with Gasteiger partial charge in [0.2, 0.25) is 0 Å². The molecule has 1 atom stereocenters. The molecule has 4 rings (SSSR count). The van der Waals surface area contributed by atoms with Gasteiger partial charge in [-0.25, -0.2) is 0 Å². The standard InChI is InChI=1S/C33H34N2O6/c36-22-26-11-13-29(14-12-26)40-24-28(37)21-34-17-18-39-30-15-16-32(41-23-27-9-5-2-6-10-27)31(19-30)33(38)35-20-25-7-3-1-4-8-25/h1-16,19,22,28,34,37H,17-18,20-21,23-24H2,(H,35,38). The summed E-state index contributed by atoms with van der Waals surface area (Å²) in [6, 6.07) is 31.3. The summed E-state index contributed by atoms with van der Waals surface area (Å²) in [6.07, 6.45) is 0.0436. The van der Waals surface area contributed by atoms with Gasteiger partial charge < -0.3 is 30.0 Å². The van der Waals surface area contributed by atoms with E-state index in [0.29, 0.717) is 61.2 Å². The lowest BCUT2D eigenvalue weighted by atomic mass is 10.1. The molecule has 41 heavy (non-hydrogen) atoms. The van der Waals surface area contributed by atoms with Crippen molar-refractivity contribution in [1.82, 2.24) is 10.6 Å². The van der Waals surface area contributed by atoms with Crippen LogP contribution in [0.1, 0.15) is 31.8 Å². The maximum Gasteiger partial charge on any atom is 0.255 e. The average molecular weight is 555 g/mol. The number of carbonyl (C=O) groups excluding carboxylic acids is 2.